The Morgan fingerprint density at radius 2 is 2.29 bits per heavy atom. The van der Waals surface area contributed by atoms with Crippen LogP contribution in [0.5, 0.6) is 0 Å². The zero-order valence-corrected chi connectivity index (χ0v) is 11.4. The zero-order valence-electron chi connectivity index (χ0n) is 10.7. The molecule has 3 heteroatoms. The molecule has 1 atom stereocenters. The Balaban J connectivity index is 2.11. The molecule has 2 rings (SSSR count). The van der Waals surface area contributed by atoms with Gasteiger partial charge in [0.2, 0.25) is 0 Å². The van der Waals surface area contributed by atoms with Gasteiger partial charge in [-0.3, -0.25) is 0 Å². The summed E-state index contributed by atoms with van der Waals surface area (Å²) in [6.07, 6.45) is 2.57. The first-order valence-electron chi connectivity index (χ1n) is 6.42. The van der Waals surface area contributed by atoms with Crippen LogP contribution in [0, 0.1) is 5.92 Å². The Morgan fingerprint density at radius 3 is 2.88 bits per heavy atom. The fourth-order valence-electron chi connectivity index (χ4n) is 2.51. The van der Waals surface area contributed by atoms with E-state index in [1.807, 2.05) is 7.05 Å². The maximum atomic E-state index is 6.37. The average Bonchev–Trinajstić information content (AvgIpc) is 2.78. The third-order valence-electron chi connectivity index (χ3n) is 3.60. The molecule has 2 nitrogen and oxygen atoms in total. The van der Waals surface area contributed by atoms with Crippen molar-refractivity contribution in [2.24, 2.45) is 5.92 Å². The number of halogens is 1. The van der Waals surface area contributed by atoms with Crippen molar-refractivity contribution in [1.29, 1.82) is 0 Å². The van der Waals surface area contributed by atoms with Gasteiger partial charge in [0.1, 0.15) is 0 Å². The molecule has 1 saturated heterocycles. The SMILES string of the molecule is CCC1CCN(c2ccc(CNC)cc2Cl)C1. The van der Waals surface area contributed by atoms with E-state index in [0.717, 1.165) is 30.6 Å². The molecule has 1 unspecified atom stereocenters. The van der Waals surface area contributed by atoms with Crippen molar-refractivity contribution in [3.63, 3.8) is 0 Å². The second-order valence-corrected chi connectivity index (χ2v) is 5.23. The highest BCUT2D eigenvalue weighted by Crippen LogP contribution is 2.31. The molecular weight excluding hydrogens is 232 g/mol. The Hall–Kier alpha value is -0.730. The van der Waals surface area contributed by atoms with Crippen LogP contribution in [0.4, 0.5) is 5.69 Å². The third-order valence-corrected chi connectivity index (χ3v) is 3.90. The van der Waals surface area contributed by atoms with Gasteiger partial charge >= 0.3 is 0 Å². The number of rotatable bonds is 4. The lowest BCUT2D eigenvalue weighted by Gasteiger charge is -2.20. The lowest BCUT2D eigenvalue weighted by atomic mass is 10.1. The Labute approximate surface area is 109 Å². The van der Waals surface area contributed by atoms with Crippen molar-refractivity contribution in [2.45, 2.75) is 26.3 Å². The normalized spacial score (nSPS) is 19.9. The van der Waals surface area contributed by atoms with Gasteiger partial charge in [-0.05, 0) is 37.1 Å². The van der Waals surface area contributed by atoms with Crippen LogP contribution in [0.25, 0.3) is 0 Å². The lowest BCUT2D eigenvalue weighted by Crippen LogP contribution is -2.20. The summed E-state index contributed by atoms with van der Waals surface area (Å²) in [6, 6.07) is 6.40. The molecule has 0 aliphatic carbocycles. The smallest absolute Gasteiger partial charge is 0.0642 e. The molecule has 1 aromatic carbocycles. The van der Waals surface area contributed by atoms with E-state index < -0.39 is 0 Å². The summed E-state index contributed by atoms with van der Waals surface area (Å²) < 4.78 is 0. The van der Waals surface area contributed by atoms with E-state index in [0.29, 0.717) is 0 Å². The standard InChI is InChI=1S/C14H21ClN2/c1-3-11-6-7-17(10-11)14-5-4-12(9-16-2)8-13(14)15/h4-5,8,11,16H,3,6-7,9-10H2,1-2H3. The monoisotopic (exact) mass is 252 g/mol. The molecule has 1 aliphatic heterocycles. The average molecular weight is 253 g/mol. The predicted octanol–water partition coefficient (Wildman–Crippen LogP) is 3.30. The highest BCUT2D eigenvalue weighted by Gasteiger charge is 2.22. The minimum absolute atomic E-state index is 0.836. The van der Waals surface area contributed by atoms with Gasteiger partial charge in [-0.2, -0.15) is 0 Å². The van der Waals surface area contributed by atoms with Crippen LogP contribution in [-0.4, -0.2) is 20.1 Å². The quantitative estimate of drug-likeness (QED) is 0.885. The van der Waals surface area contributed by atoms with Gasteiger partial charge in [-0.25, -0.2) is 0 Å². The van der Waals surface area contributed by atoms with Crippen molar-refractivity contribution in [3.8, 4) is 0 Å². The van der Waals surface area contributed by atoms with Gasteiger partial charge in [0, 0.05) is 19.6 Å². The first-order chi connectivity index (χ1) is 8.24. The van der Waals surface area contributed by atoms with Crippen LogP contribution in [0.1, 0.15) is 25.3 Å². The molecule has 0 aromatic heterocycles. The summed E-state index contributed by atoms with van der Waals surface area (Å²) in [5.74, 6) is 0.836. The molecule has 1 aromatic rings. The second-order valence-electron chi connectivity index (χ2n) is 4.83. The first kappa shape index (κ1) is 12.7. The molecular formula is C14H21ClN2. The highest BCUT2D eigenvalue weighted by atomic mass is 35.5. The molecule has 1 N–H and O–H groups in total. The fourth-order valence-corrected chi connectivity index (χ4v) is 2.83. The van der Waals surface area contributed by atoms with Crippen molar-refractivity contribution in [2.75, 3.05) is 25.0 Å². The van der Waals surface area contributed by atoms with E-state index in [2.05, 4.69) is 35.3 Å². The number of hydrogen-bond donors (Lipinski definition) is 1. The molecule has 1 heterocycles. The van der Waals surface area contributed by atoms with Gasteiger partial charge in [0.25, 0.3) is 0 Å². The van der Waals surface area contributed by atoms with E-state index in [4.69, 9.17) is 11.6 Å². The molecule has 0 saturated carbocycles. The largest absolute Gasteiger partial charge is 0.370 e. The van der Waals surface area contributed by atoms with Gasteiger partial charge in [0.05, 0.1) is 10.7 Å². The number of nitrogens with one attached hydrogen (secondary N) is 1. The number of hydrogen-bond acceptors (Lipinski definition) is 2. The number of nitrogens with zero attached hydrogens (tertiary/aromatic N) is 1. The number of benzene rings is 1. The summed E-state index contributed by atoms with van der Waals surface area (Å²) in [7, 11) is 1.95. The molecule has 0 amide bonds. The minimum Gasteiger partial charge on any atom is -0.370 e. The van der Waals surface area contributed by atoms with Crippen LogP contribution < -0.4 is 10.2 Å². The fraction of sp³-hybridized carbons (Fsp3) is 0.571. The van der Waals surface area contributed by atoms with Gasteiger partial charge < -0.3 is 10.2 Å². The van der Waals surface area contributed by atoms with Crippen LogP contribution in [0.15, 0.2) is 18.2 Å². The Morgan fingerprint density at radius 1 is 1.47 bits per heavy atom. The molecule has 0 spiro atoms. The Bertz CT molecular complexity index is 378. The molecule has 0 radical (unpaired) electrons. The molecule has 17 heavy (non-hydrogen) atoms. The summed E-state index contributed by atoms with van der Waals surface area (Å²) in [5.41, 5.74) is 2.44. The number of anilines is 1. The van der Waals surface area contributed by atoms with Crippen LogP contribution in [0.3, 0.4) is 0 Å². The summed E-state index contributed by atoms with van der Waals surface area (Å²) in [4.78, 5) is 2.42. The first-order valence-corrected chi connectivity index (χ1v) is 6.80. The van der Waals surface area contributed by atoms with Crippen molar-refractivity contribution >= 4 is 17.3 Å². The summed E-state index contributed by atoms with van der Waals surface area (Å²) >= 11 is 6.37. The predicted molar refractivity (Wildman–Crippen MR) is 74.8 cm³/mol. The van der Waals surface area contributed by atoms with Crippen molar-refractivity contribution in [3.05, 3.63) is 28.8 Å². The molecule has 0 bridgehead atoms. The maximum Gasteiger partial charge on any atom is 0.0642 e. The molecule has 1 aliphatic rings. The van der Waals surface area contributed by atoms with Gasteiger partial charge in [-0.1, -0.05) is 31.0 Å². The zero-order chi connectivity index (χ0) is 12.3. The van der Waals surface area contributed by atoms with E-state index in [1.54, 1.807) is 0 Å². The van der Waals surface area contributed by atoms with E-state index in [9.17, 15) is 0 Å². The van der Waals surface area contributed by atoms with Gasteiger partial charge in [0.15, 0.2) is 0 Å². The van der Waals surface area contributed by atoms with Crippen LogP contribution in [0.2, 0.25) is 5.02 Å². The summed E-state index contributed by atoms with van der Waals surface area (Å²) in [6.45, 7) is 5.44. The molecule has 1 fully saturated rings. The van der Waals surface area contributed by atoms with Crippen LogP contribution >= 0.6 is 11.6 Å². The van der Waals surface area contributed by atoms with E-state index in [-0.39, 0.29) is 0 Å². The highest BCUT2D eigenvalue weighted by molar-refractivity contribution is 6.33. The van der Waals surface area contributed by atoms with E-state index in [1.165, 1.54) is 24.1 Å². The topological polar surface area (TPSA) is 15.3 Å². The summed E-state index contributed by atoms with van der Waals surface area (Å²) in [5, 5.41) is 4.03. The van der Waals surface area contributed by atoms with Crippen LogP contribution in [-0.2, 0) is 6.54 Å². The van der Waals surface area contributed by atoms with Gasteiger partial charge in [-0.15, -0.1) is 0 Å². The van der Waals surface area contributed by atoms with Crippen molar-refractivity contribution in [1.82, 2.24) is 5.32 Å². The lowest BCUT2D eigenvalue weighted by molar-refractivity contribution is 0.569. The maximum absolute atomic E-state index is 6.37. The second kappa shape index (κ2) is 5.74. The van der Waals surface area contributed by atoms with E-state index >= 15 is 0 Å². The Kier molecular flexibility index (Phi) is 4.30. The van der Waals surface area contributed by atoms with Crippen molar-refractivity contribution < 1.29 is 0 Å². The third kappa shape index (κ3) is 2.93. The minimum atomic E-state index is 0.836. The molecule has 94 valence electrons.